The van der Waals surface area contributed by atoms with Crippen LogP contribution < -0.4 is 10.6 Å². The van der Waals surface area contributed by atoms with Crippen LogP contribution in [0, 0.1) is 11.3 Å². The molecule has 0 spiro atoms. The molecular weight excluding hydrogens is 221 g/mol. The summed E-state index contributed by atoms with van der Waals surface area (Å²) < 4.78 is 12.5. The lowest BCUT2D eigenvalue weighted by molar-refractivity contribution is 0.159. The van der Waals surface area contributed by atoms with Gasteiger partial charge >= 0.3 is 6.03 Å². The van der Waals surface area contributed by atoms with Gasteiger partial charge < -0.3 is 10.6 Å². The fourth-order valence-corrected chi connectivity index (χ4v) is 1.69. The summed E-state index contributed by atoms with van der Waals surface area (Å²) in [5.74, 6) is 0. The van der Waals surface area contributed by atoms with Gasteiger partial charge in [-0.15, -0.1) is 0 Å². The number of hydrogen-bond donors (Lipinski definition) is 2. The molecule has 0 saturated heterocycles. The Kier molecular flexibility index (Phi) is 3.24. The molecule has 0 radical (unpaired) electrons. The summed E-state index contributed by atoms with van der Waals surface area (Å²) in [7, 11) is 0. The van der Waals surface area contributed by atoms with Gasteiger partial charge in [-0.3, -0.25) is 0 Å². The number of alkyl halides is 1. The van der Waals surface area contributed by atoms with Crippen molar-refractivity contribution in [2.24, 2.45) is 0 Å². The predicted molar refractivity (Wildman–Crippen MR) is 61.2 cm³/mol. The summed E-state index contributed by atoms with van der Waals surface area (Å²) in [5, 5.41) is 14.0. The third-order valence-electron chi connectivity index (χ3n) is 2.67. The second kappa shape index (κ2) is 4.83. The summed E-state index contributed by atoms with van der Waals surface area (Å²) in [4.78, 5) is 11.5. The minimum atomic E-state index is -0.790. The number of urea groups is 1. The van der Waals surface area contributed by atoms with Gasteiger partial charge in [0.1, 0.15) is 6.17 Å². The average molecular weight is 233 g/mol. The first-order valence-corrected chi connectivity index (χ1v) is 5.39. The summed E-state index contributed by atoms with van der Waals surface area (Å²) in [6, 6.07) is 8.17. The van der Waals surface area contributed by atoms with Crippen LogP contribution in [0.15, 0.2) is 24.3 Å². The predicted octanol–water partition coefficient (Wildman–Crippen LogP) is 2.18. The maximum Gasteiger partial charge on any atom is 0.319 e. The van der Waals surface area contributed by atoms with Gasteiger partial charge in [0.25, 0.3) is 0 Å². The van der Waals surface area contributed by atoms with Crippen LogP contribution in [-0.2, 0) is 0 Å². The average Bonchev–Trinajstić information content (AvgIpc) is 2.27. The molecule has 2 N–H and O–H groups in total. The van der Waals surface area contributed by atoms with Gasteiger partial charge in [-0.1, -0.05) is 6.07 Å². The molecule has 1 saturated carbocycles. The number of anilines is 1. The summed E-state index contributed by atoms with van der Waals surface area (Å²) in [6.45, 7) is 0. The van der Waals surface area contributed by atoms with Crippen LogP contribution in [0.25, 0.3) is 0 Å². The Morgan fingerprint density at radius 2 is 2.24 bits per heavy atom. The van der Waals surface area contributed by atoms with E-state index in [4.69, 9.17) is 5.26 Å². The molecule has 0 aromatic heterocycles. The monoisotopic (exact) mass is 233 g/mol. The van der Waals surface area contributed by atoms with Gasteiger partial charge in [-0.2, -0.15) is 5.26 Å². The molecule has 1 aliphatic carbocycles. The normalized spacial score (nSPS) is 22.1. The van der Waals surface area contributed by atoms with Crippen molar-refractivity contribution in [3.05, 3.63) is 29.8 Å². The standard InChI is InChI=1S/C12H12FN3O/c13-9-5-11(6-9)16-12(17)15-10-3-1-2-8(4-10)7-14/h1-4,9,11H,5-6H2,(H2,15,16,17). The Labute approximate surface area is 98.4 Å². The lowest BCUT2D eigenvalue weighted by Crippen LogP contribution is -2.46. The lowest BCUT2D eigenvalue weighted by atomic mass is 9.91. The van der Waals surface area contributed by atoms with E-state index in [-0.39, 0.29) is 12.1 Å². The van der Waals surface area contributed by atoms with Gasteiger partial charge in [-0.05, 0) is 31.0 Å². The van der Waals surface area contributed by atoms with Crippen LogP contribution in [0.5, 0.6) is 0 Å². The largest absolute Gasteiger partial charge is 0.335 e. The first-order valence-electron chi connectivity index (χ1n) is 5.39. The van der Waals surface area contributed by atoms with E-state index in [2.05, 4.69) is 10.6 Å². The first kappa shape index (κ1) is 11.4. The van der Waals surface area contributed by atoms with E-state index >= 15 is 0 Å². The quantitative estimate of drug-likeness (QED) is 0.822. The number of nitriles is 1. The zero-order chi connectivity index (χ0) is 12.3. The van der Waals surface area contributed by atoms with E-state index in [1.54, 1.807) is 24.3 Å². The van der Waals surface area contributed by atoms with Crippen molar-refractivity contribution in [1.82, 2.24) is 5.32 Å². The fraction of sp³-hybridized carbons (Fsp3) is 0.333. The van der Waals surface area contributed by atoms with Crippen LogP contribution in [0.3, 0.4) is 0 Å². The van der Waals surface area contributed by atoms with E-state index < -0.39 is 6.17 Å². The minimum absolute atomic E-state index is 0.0795. The molecule has 5 heteroatoms. The molecule has 1 aromatic rings. The molecule has 0 aliphatic heterocycles. The van der Waals surface area contributed by atoms with Crippen LogP contribution >= 0.6 is 0 Å². The first-order chi connectivity index (χ1) is 8.17. The summed E-state index contributed by atoms with van der Waals surface area (Å²) >= 11 is 0. The maximum absolute atomic E-state index is 12.5. The Morgan fingerprint density at radius 3 is 2.88 bits per heavy atom. The molecule has 17 heavy (non-hydrogen) atoms. The summed E-state index contributed by atoms with van der Waals surface area (Å²) in [5.41, 5.74) is 1.04. The molecule has 0 atom stereocenters. The molecule has 1 aliphatic rings. The van der Waals surface area contributed by atoms with Gasteiger partial charge in [0.15, 0.2) is 0 Å². The number of amides is 2. The molecule has 2 amide bonds. The van der Waals surface area contributed by atoms with E-state index in [1.165, 1.54) is 0 Å². The van der Waals surface area contributed by atoms with Crippen molar-refractivity contribution in [3.63, 3.8) is 0 Å². The Morgan fingerprint density at radius 1 is 1.47 bits per heavy atom. The molecule has 4 nitrogen and oxygen atoms in total. The fourth-order valence-electron chi connectivity index (χ4n) is 1.69. The number of nitrogens with zero attached hydrogens (tertiary/aromatic N) is 1. The van der Waals surface area contributed by atoms with Crippen molar-refractivity contribution in [3.8, 4) is 6.07 Å². The van der Waals surface area contributed by atoms with Crippen molar-refractivity contribution < 1.29 is 9.18 Å². The molecule has 88 valence electrons. The number of carbonyl (C=O) groups is 1. The Hall–Kier alpha value is -2.09. The molecule has 1 aromatic carbocycles. The zero-order valence-electron chi connectivity index (χ0n) is 9.11. The van der Waals surface area contributed by atoms with Crippen molar-refractivity contribution in [2.75, 3.05) is 5.32 Å². The highest BCUT2D eigenvalue weighted by atomic mass is 19.1. The van der Waals surface area contributed by atoms with E-state index in [9.17, 15) is 9.18 Å². The number of nitrogens with one attached hydrogen (secondary N) is 2. The van der Waals surface area contributed by atoms with Gasteiger partial charge in [0.2, 0.25) is 0 Å². The SMILES string of the molecule is N#Cc1cccc(NC(=O)NC2CC(F)C2)c1. The smallest absolute Gasteiger partial charge is 0.319 e. The zero-order valence-corrected chi connectivity index (χ0v) is 9.11. The second-order valence-corrected chi connectivity index (χ2v) is 4.06. The van der Waals surface area contributed by atoms with Crippen molar-refractivity contribution >= 4 is 11.7 Å². The number of rotatable bonds is 2. The number of carbonyl (C=O) groups excluding carboxylic acids is 1. The van der Waals surface area contributed by atoms with E-state index in [0.29, 0.717) is 24.1 Å². The minimum Gasteiger partial charge on any atom is -0.335 e. The Bertz CT molecular complexity index is 463. The van der Waals surface area contributed by atoms with Crippen molar-refractivity contribution in [2.45, 2.75) is 25.1 Å². The molecular formula is C12H12FN3O. The molecule has 1 fully saturated rings. The van der Waals surface area contributed by atoms with E-state index in [0.717, 1.165) is 0 Å². The number of halogens is 1. The van der Waals surface area contributed by atoms with Crippen LogP contribution in [0.2, 0.25) is 0 Å². The van der Waals surface area contributed by atoms with E-state index in [1.807, 2.05) is 6.07 Å². The highest BCUT2D eigenvalue weighted by Gasteiger charge is 2.29. The summed E-state index contributed by atoms with van der Waals surface area (Å²) in [6.07, 6.45) is -0.0284. The second-order valence-electron chi connectivity index (χ2n) is 4.06. The number of hydrogen-bond acceptors (Lipinski definition) is 2. The molecule has 0 bridgehead atoms. The van der Waals surface area contributed by atoms with Crippen molar-refractivity contribution in [1.29, 1.82) is 5.26 Å². The van der Waals surface area contributed by atoms with Gasteiger partial charge in [0, 0.05) is 11.7 Å². The Balaban J connectivity index is 1.87. The molecule has 0 unspecified atom stereocenters. The van der Waals surface area contributed by atoms with Crippen LogP contribution in [-0.4, -0.2) is 18.2 Å². The lowest BCUT2D eigenvalue weighted by Gasteiger charge is -2.30. The van der Waals surface area contributed by atoms with Gasteiger partial charge in [0.05, 0.1) is 11.6 Å². The highest BCUT2D eigenvalue weighted by molar-refractivity contribution is 5.89. The number of benzene rings is 1. The maximum atomic E-state index is 12.5. The third kappa shape index (κ3) is 2.94. The van der Waals surface area contributed by atoms with Crippen LogP contribution in [0.1, 0.15) is 18.4 Å². The van der Waals surface area contributed by atoms with Gasteiger partial charge in [-0.25, -0.2) is 9.18 Å². The molecule has 0 heterocycles. The molecule has 2 rings (SSSR count). The van der Waals surface area contributed by atoms with Crippen LogP contribution in [0.4, 0.5) is 14.9 Å². The highest BCUT2D eigenvalue weighted by Crippen LogP contribution is 2.23. The third-order valence-corrected chi connectivity index (χ3v) is 2.67. The topological polar surface area (TPSA) is 64.9 Å².